The third-order valence-electron chi connectivity index (χ3n) is 5.60. The average Bonchev–Trinajstić information content (AvgIpc) is 3.04. The zero-order valence-electron chi connectivity index (χ0n) is 15.6. The standard InChI is InChI=1S/C20H25N3O4/c1-3-15-13(2)17(22-21-15)18(25)23-10-9-20(19(26)27,16(24)12-23)11-14-7-5-4-6-8-14/h4-8,16,24H,3,9-12H2,1-2H3,(H,21,22)(H,26,27)/t16-,20-/m1/s1. The van der Waals surface area contributed by atoms with Crippen LogP contribution in [-0.2, 0) is 17.6 Å². The van der Waals surface area contributed by atoms with E-state index in [2.05, 4.69) is 10.2 Å². The Morgan fingerprint density at radius 1 is 1.33 bits per heavy atom. The molecule has 0 bridgehead atoms. The second kappa shape index (κ2) is 7.52. The first kappa shape index (κ1) is 19.1. The highest BCUT2D eigenvalue weighted by Gasteiger charge is 2.49. The molecule has 0 aliphatic carbocycles. The number of carbonyl (C=O) groups excluding carboxylic acids is 1. The van der Waals surface area contributed by atoms with Crippen molar-refractivity contribution in [1.82, 2.24) is 15.1 Å². The number of amides is 1. The van der Waals surface area contributed by atoms with Gasteiger partial charge < -0.3 is 15.1 Å². The zero-order chi connectivity index (χ0) is 19.6. The quantitative estimate of drug-likeness (QED) is 0.743. The molecule has 144 valence electrons. The first-order valence-electron chi connectivity index (χ1n) is 9.17. The summed E-state index contributed by atoms with van der Waals surface area (Å²) in [5.74, 6) is -1.31. The molecule has 7 nitrogen and oxygen atoms in total. The minimum Gasteiger partial charge on any atom is -0.481 e. The maximum Gasteiger partial charge on any atom is 0.312 e. The highest BCUT2D eigenvalue weighted by atomic mass is 16.4. The number of carboxylic acid groups (broad SMARTS) is 1. The number of aliphatic hydroxyl groups is 1. The molecule has 3 N–H and O–H groups in total. The zero-order valence-corrected chi connectivity index (χ0v) is 15.6. The molecule has 0 spiro atoms. The van der Waals surface area contributed by atoms with Gasteiger partial charge in [0.2, 0.25) is 0 Å². The Morgan fingerprint density at radius 3 is 2.59 bits per heavy atom. The molecule has 1 aromatic heterocycles. The van der Waals surface area contributed by atoms with Gasteiger partial charge in [0.25, 0.3) is 5.91 Å². The number of benzene rings is 1. The Kier molecular flexibility index (Phi) is 5.32. The van der Waals surface area contributed by atoms with Gasteiger partial charge in [-0.1, -0.05) is 37.3 Å². The van der Waals surface area contributed by atoms with Crippen molar-refractivity contribution in [2.45, 2.75) is 39.2 Å². The number of aliphatic carboxylic acids is 1. The van der Waals surface area contributed by atoms with Crippen molar-refractivity contribution >= 4 is 11.9 Å². The number of rotatable bonds is 5. The topological polar surface area (TPSA) is 107 Å². The summed E-state index contributed by atoms with van der Waals surface area (Å²) in [4.78, 5) is 26.4. The van der Waals surface area contributed by atoms with Crippen LogP contribution >= 0.6 is 0 Å². The van der Waals surface area contributed by atoms with E-state index in [0.717, 1.165) is 23.2 Å². The number of nitrogens with one attached hydrogen (secondary N) is 1. The Hall–Kier alpha value is -2.67. The van der Waals surface area contributed by atoms with E-state index in [4.69, 9.17) is 0 Å². The van der Waals surface area contributed by atoms with E-state index in [-0.39, 0.29) is 31.8 Å². The second-order valence-corrected chi connectivity index (χ2v) is 7.17. The van der Waals surface area contributed by atoms with E-state index in [1.165, 1.54) is 4.90 Å². The number of piperidine rings is 1. The number of H-pyrrole nitrogens is 1. The second-order valence-electron chi connectivity index (χ2n) is 7.17. The highest BCUT2D eigenvalue weighted by molar-refractivity contribution is 5.94. The Morgan fingerprint density at radius 2 is 2.04 bits per heavy atom. The maximum absolute atomic E-state index is 12.8. The number of aliphatic hydroxyl groups excluding tert-OH is 1. The molecule has 0 unspecified atom stereocenters. The smallest absolute Gasteiger partial charge is 0.312 e. The number of nitrogens with zero attached hydrogens (tertiary/aromatic N) is 2. The predicted molar refractivity (Wildman–Crippen MR) is 99.4 cm³/mol. The molecule has 1 fully saturated rings. The number of hydrogen-bond donors (Lipinski definition) is 3. The third kappa shape index (κ3) is 3.47. The monoisotopic (exact) mass is 371 g/mol. The number of aromatic amines is 1. The molecule has 27 heavy (non-hydrogen) atoms. The van der Waals surface area contributed by atoms with Crippen LogP contribution in [0.3, 0.4) is 0 Å². The van der Waals surface area contributed by atoms with Crippen molar-refractivity contribution in [3.05, 3.63) is 52.8 Å². The van der Waals surface area contributed by atoms with Crippen molar-refractivity contribution in [2.24, 2.45) is 5.41 Å². The lowest BCUT2D eigenvalue weighted by Gasteiger charge is -2.42. The van der Waals surface area contributed by atoms with Crippen molar-refractivity contribution in [1.29, 1.82) is 0 Å². The van der Waals surface area contributed by atoms with Gasteiger partial charge in [-0.3, -0.25) is 14.7 Å². The molecule has 2 aromatic rings. The van der Waals surface area contributed by atoms with Crippen molar-refractivity contribution in [3.63, 3.8) is 0 Å². The summed E-state index contributed by atoms with van der Waals surface area (Å²) >= 11 is 0. The van der Waals surface area contributed by atoms with Crippen molar-refractivity contribution < 1.29 is 19.8 Å². The maximum atomic E-state index is 12.8. The number of β-amino-alcohol motifs (C(OH)–C–C–N with tert-alkyl or cyclic N) is 1. The van der Waals surface area contributed by atoms with Gasteiger partial charge in [0.15, 0.2) is 5.69 Å². The third-order valence-corrected chi connectivity index (χ3v) is 5.60. The van der Waals surface area contributed by atoms with Gasteiger partial charge in [-0.05, 0) is 31.7 Å². The molecule has 0 radical (unpaired) electrons. The summed E-state index contributed by atoms with van der Waals surface area (Å²) in [5.41, 5.74) is 1.60. The van der Waals surface area contributed by atoms with Crippen LogP contribution in [0.2, 0.25) is 0 Å². The minimum absolute atomic E-state index is 0.0221. The first-order valence-corrected chi connectivity index (χ1v) is 9.17. The van der Waals surface area contributed by atoms with Crippen molar-refractivity contribution in [3.8, 4) is 0 Å². The molecule has 7 heteroatoms. The molecule has 1 aromatic carbocycles. The van der Waals surface area contributed by atoms with E-state index in [9.17, 15) is 19.8 Å². The molecule has 1 amide bonds. The van der Waals surface area contributed by atoms with Gasteiger partial charge in [-0.25, -0.2) is 0 Å². The Balaban J connectivity index is 1.79. The van der Waals surface area contributed by atoms with Crippen LogP contribution in [0.1, 0.15) is 40.7 Å². The fraction of sp³-hybridized carbons (Fsp3) is 0.450. The van der Waals surface area contributed by atoms with Gasteiger partial charge in [-0.2, -0.15) is 5.10 Å². The summed E-state index contributed by atoms with van der Waals surface area (Å²) in [6.07, 6.45) is 0.00785. The fourth-order valence-corrected chi connectivity index (χ4v) is 3.79. The molecule has 1 aliphatic rings. The Bertz CT molecular complexity index is 833. The van der Waals surface area contributed by atoms with E-state index < -0.39 is 17.5 Å². The van der Waals surface area contributed by atoms with E-state index in [1.54, 1.807) is 0 Å². The number of likely N-dealkylation sites (tertiary alicyclic amines) is 1. The lowest BCUT2D eigenvalue weighted by Crippen LogP contribution is -2.57. The number of hydrogen-bond acceptors (Lipinski definition) is 4. The molecule has 1 saturated heterocycles. The van der Waals surface area contributed by atoms with Crippen molar-refractivity contribution in [2.75, 3.05) is 13.1 Å². The Labute approximate surface area is 158 Å². The molecule has 2 atom stereocenters. The summed E-state index contributed by atoms with van der Waals surface area (Å²) in [7, 11) is 0. The largest absolute Gasteiger partial charge is 0.481 e. The van der Waals surface area contributed by atoms with Gasteiger partial charge >= 0.3 is 5.97 Å². The fourth-order valence-electron chi connectivity index (χ4n) is 3.79. The summed E-state index contributed by atoms with van der Waals surface area (Å²) < 4.78 is 0. The number of carbonyl (C=O) groups is 2. The van der Waals surface area contributed by atoms with Crippen LogP contribution in [0, 0.1) is 12.3 Å². The summed E-state index contributed by atoms with van der Waals surface area (Å²) in [5, 5.41) is 27.6. The number of aromatic nitrogens is 2. The van der Waals surface area contributed by atoms with Crippen LogP contribution < -0.4 is 0 Å². The van der Waals surface area contributed by atoms with Crippen LogP contribution in [0.4, 0.5) is 0 Å². The minimum atomic E-state index is -1.30. The van der Waals surface area contributed by atoms with Crippen LogP contribution in [0.25, 0.3) is 0 Å². The number of carboxylic acids is 1. The molecule has 0 saturated carbocycles. The van der Waals surface area contributed by atoms with Gasteiger partial charge in [0, 0.05) is 24.3 Å². The molecule has 1 aliphatic heterocycles. The van der Waals surface area contributed by atoms with E-state index in [1.807, 2.05) is 44.2 Å². The normalized spacial score (nSPS) is 22.6. The molecule has 2 heterocycles. The van der Waals surface area contributed by atoms with Gasteiger partial charge in [0.1, 0.15) is 5.41 Å². The first-order chi connectivity index (χ1) is 12.9. The highest BCUT2D eigenvalue weighted by Crippen LogP contribution is 2.36. The van der Waals surface area contributed by atoms with E-state index >= 15 is 0 Å². The lowest BCUT2D eigenvalue weighted by atomic mass is 9.71. The van der Waals surface area contributed by atoms with Gasteiger partial charge in [-0.15, -0.1) is 0 Å². The average molecular weight is 371 g/mol. The summed E-state index contributed by atoms with van der Waals surface area (Å²) in [6, 6.07) is 9.27. The molecular weight excluding hydrogens is 346 g/mol. The number of aryl methyl sites for hydroxylation is 1. The predicted octanol–water partition coefficient (Wildman–Crippen LogP) is 1.80. The SMILES string of the molecule is CCc1[nH]nc(C(=O)N2CC[C@](Cc3ccccc3)(C(=O)O)[C@H](O)C2)c1C. The van der Waals surface area contributed by atoms with Crippen LogP contribution in [0.15, 0.2) is 30.3 Å². The lowest BCUT2D eigenvalue weighted by molar-refractivity contribution is -0.161. The summed E-state index contributed by atoms with van der Waals surface area (Å²) in [6.45, 7) is 4.06. The molecule has 3 rings (SSSR count). The van der Waals surface area contributed by atoms with Crippen LogP contribution in [-0.4, -0.2) is 56.4 Å². The molecular formula is C20H25N3O4. The van der Waals surface area contributed by atoms with Crippen LogP contribution in [0.5, 0.6) is 0 Å². The van der Waals surface area contributed by atoms with Gasteiger partial charge in [0.05, 0.1) is 6.10 Å². The van der Waals surface area contributed by atoms with E-state index in [0.29, 0.717) is 5.69 Å².